The van der Waals surface area contributed by atoms with Gasteiger partial charge in [-0.25, -0.2) is 0 Å². The predicted octanol–water partition coefficient (Wildman–Crippen LogP) is 9.34. The fourth-order valence-corrected chi connectivity index (χ4v) is 13.7. The van der Waals surface area contributed by atoms with Crippen LogP contribution in [0.25, 0.3) is 0 Å². The van der Waals surface area contributed by atoms with Crippen LogP contribution in [0.3, 0.4) is 0 Å². The molecule has 2 aromatic rings. The second kappa shape index (κ2) is 11.9. The Labute approximate surface area is 226 Å². The van der Waals surface area contributed by atoms with Gasteiger partial charge in [-0.05, 0) is 0 Å². The molecule has 3 heteroatoms. The van der Waals surface area contributed by atoms with E-state index in [-0.39, 0.29) is 0 Å². The molecule has 0 aliphatic carbocycles. The van der Waals surface area contributed by atoms with E-state index in [2.05, 4.69) is 145 Å². The number of hydrogen-bond acceptors (Lipinski definition) is 1. The average molecular weight is 532 g/mol. The Morgan fingerprint density at radius 2 is 0.778 bits per heavy atom. The van der Waals surface area contributed by atoms with Gasteiger partial charge in [-0.1, -0.05) is 0 Å². The molecule has 2 aromatic carbocycles. The topological polar surface area (TPSA) is 3.24 Å². The molecule has 0 spiro atoms. The van der Waals surface area contributed by atoms with Crippen molar-refractivity contribution in [2.45, 2.75) is 118 Å². The molecule has 0 N–H and O–H groups in total. The standard InChI is InChI=1S/C33H59NP2/c1-22(2)28-16-18-30(32(20-28)35(14,24(5)6)25(7)8)34(13)31-19-17-29(23(3)4)21-33(31)36(15,26(9)10)27(11)12/h16-27,35-36H,1-15H3. The number of benzene rings is 2. The molecule has 36 heavy (non-hydrogen) atoms. The molecule has 0 aliphatic rings. The van der Waals surface area contributed by atoms with Crippen molar-refractivity contribution < 1.29 is 0 Å². The Balaban J connectivity index is 2.93. The number of rotatable bonds is 10. The van der Waals surface area contributed by atoms with Crippen LogP contribution in [0.15, 0.2) is 36.4 Å². The third-order valence-electron chi connectivity index (χ3n) is 10.1. The molecule has 0 saturated carbocycles. The van der Waals surface area contributed by atoms with Gasteiger partial charge < -0.3 is 0 Å². The average Bonchev–Trinajstić information content (AvgIpc) is 2.80. The molecule has 0 radical (unpaired) electrons. The van der Waals surface area contributed by atoms with E-state index < -0.39 is 14.5 Å². The summed E-state index contributed by atoms with van der Waals surface area (Å²) in [7, 11) is -1.19. The van der Waals surface area contributed by atoms with Gasteiger partial charge in [0.25, 0.3) is 0 Å². The van der Waals surface area contributed by atoms with Gasteiger partial charge in [0.15, 0.2) is 0 Å². The summed E-state index contributed by atoms with van der Waals surface area (Å²) in [6.07, 6.45) is 0. The zero-order valence-corrected chi connectivity index (χ0v) is 28.4. The fourth-order valence-electron chi connectivity index (χ4n) is 5.98. The van der Waals surface area contributed by atoms with Gasteiger partial charge in [0, 0.05) is 0 Å². The molecule has 0 aromatic heterocycles. The van der Waals surface area contributed by atoms with Gasteiger partial charge >= 0.3 is 227 Å². The third-order valence-corrected chi connectivity index (χ3v) is 22.8. The molecule has 0 bridgehead atoms. The first-order valence-corrected chi connectivity index (χ1v) is 19.8. The van der Waals surface area contributed by atoms with Crippen molar-refractivity contribution >= 4 is 36.5 Å². The van der Waals surface area contributed by atoms with Crippen LogP contribution in [0.2, 0.25) is 0 Å². The van der Waals surface area contributed by atoms with Crippen LogP contribution in [0, 0.1) is 0 Å². The van der Waals surface area contributed by atoms with E-state index in [1.807, 2.05) is 0 Å². The Morgan fingerprint density at radius 3 is 1.00 bits per heavy atom. The fraction of sp³-hybridized carbons (Fsp3) is 0.636. The molecule has 0 fully saturated rings. The van der Waals surface area contributed by atoms with Crippen molar-refractivity contribution in [3.05, 3.63) is 47.5 Å². The summed E-state index contributed by atoms with van der Waals surface area (Å²) in [5, 5.41) is 3.27. The molecule has 0 unspecified atom stereocenters. The monoisotopic (exact) mass is 531 g/mol. The second-order valence-corrected chi connectivity index (χ2v) is 24.4. The van der Waals surface area contributed by atoms with Crippen molar-refractivity contribution in [1.29, 1.82) is 0 Å². The quantitative estimate of drug-likeness (QED) is 0.276. The van der Waals surface area contributed by atoms with E-state index in [9.17, 15) is 0 Å². The molecule has 0 atom stereocenters. The Kier molecular flexibility index (Phi) is 10.3. The maximum atomic E-state index is 2.63. The van der Waals surface area contributed by atoms with Crippen LogP contribution in [-0.2, 0) is 0 Å². The maximum absolute atomic E-state index is 2.63. The van der Waals surface area contributed by atoms with Crippen LogP contribution in [0.1, 0.15) is 106 Å². The molecule has 0 heterocycles. The summed E-state index contributed by atoms with van der Waals surface area (Å²) in [6.45, 7) is 34.3. The molecule has 0 amide bonds. The molecule has 0 aliphatic heterocycles. The molecule has 1 nitrogen and oxygen atoms in total. The number of nitrogens with zero attached hydrogens (tertiary/aromatic N) is 1. The van der Waals surface area contributed by atoms with E-state index in [0.717, 1.165) is 0 Å². The molecule has 206 valence electrons. The van der Waals surface area contributed by atoms with Crippen LogP contribution in [0.5, 0.6) is 0 Å². The SMILES string of the molecule is CC(C)c1ccc(N(C)c2ccc(C(C)C)cc2[PH](C)(C(C)C)C(C)C)c([PH](C)(C(C)C)C(C)C)c1. The Morgan fingerprint density at radius 1 is 0.500 bits per heavy atom. The van der Waals surface area contributed by atoms with Crippen LogP contribution in [-0.4, -0.2) is 43.0 Å². The van der Waals surface area contributed by atoms with E-state index in [1.165, 1.54) is 22.5 Å². The van der Waals surface area contributed by atoms with E-state index in [1.54, 1.807) is 10.6 Å². The summed E-state index contributed by atoms with van der Waals surface area (Å²) >= 11 is 0. The van der Waals surface area contributed by atoms with Crippen molar-refractivity contribution in [3.63, 3.8) is 0 Å². The van der Waals surface area contributed by atoms with Crippen LogP contribution < -0.4 is 15.5 Å². The van der Waals surface area contributed by atoms with Crippen molar-refractivity contribution in [3.8, 4) is 0 Å². The van der Waals surface area contributed by atoms with Crippen molar-refractivity contribution in [2.24, 2.45) is 0 Å². The first-order chi connectivity index (χ1) is 16.5. The first-order valence-electron chi connectivity index (χ1n) is 14.5. The first kappa shape index (κ1) is 31.3. The Bertz CT molecular complexity index is 919. The molecule has 2 rings (SSSR count). The minimum absolute atomic E-state index is 0.541. The summed E-state index contributed by atoms with van der Waals surface area (Å²) in [5.41, 5.74) is 8.53. The summed E-state index contributed by atoms with van der Waals surface area (Å²) < 4.78 is 0. The van der Waals surface area contributed by atoms with Crippen molar-refractivity contribution in [2.75, 3.05) is 25.3 Å². The summed E-state index contributed by atoms with van der Waals surface area (Å²) in [5.74, 6) is 1.08. The number of hydrogen-bond donors (Lipinski definition) is 0. The zero-order chi connectivity index (χ0) is 27.7. The van der Waals surface area contributed by atoms with Gasteiger partial charge in [0.05, 0.1) is 0 Å². The van der Waals surface area contributed by atoms with Crippen LogP contribution in [0.4, 0.5) is 11.4 Å². The van der Waals surface area contributed by atoms with Gasteiger partial charge in [-0.15, -0.1) is 0 Å². The van der Waals surface area contributed by atoms with Gasteiger partial charge in [-0.3, -0.25) is 0 Å². The summed E-state index contributed by atoms with van der Waals surface area (Å²) in [4.78, 5) is 2.57. The molecular formula is C33H59NP2. The number of anilines is 2. The second-order valence-electron chi connectivity index (χ2n) is 13.6. The normalized spacial score (nSPS) is 14.1. The zero-order valence-electron chi connectivity index (χ0n) is 26.4. The Hall–Kier alpha value is -0.900. The van der Waals surface area contributed by atoms with Crippen LogP contribution >= 0.6 is 14.5 Å². The van der Waals surface area contributed by atoms with E-state index in [4.69, 9.17) is 0 Å². The minimum atomic E-state index is -1.76. The van der Waals surface area contributed by atoms with Gasteiger partial charge in [-0.2, -0.15) is 0 Å². The van der Waals surface area contributed by atoms with Gasteiger partial charge in [0.2, 0.25) is 0 Å². The summed E-state index contributed by atoms with van der Waals surface area (Å²) in [6, 6.07) is 14.9. The van der Waals surface area contributed by atoms with E-state index >= 15 is 0 Å². The van der Waals surface area contributed by atoms with Gasteiger partial charge in [0.1, 0.15) is 0 Å². The molecular weight excluding hydrogens is 472 g/mol. The molecule has 0 saturated heterocycles. The van der Waals surface area contributed by atoms with E-state index in [0.29, 0.717) is 34.5 Å². The predicted molar refractivity (Wildman–Crippen MR) is 177 cm³/mol. The third kappa shape index (κ3) is 5.74. The van der Waals surface area contributed by atoms with Crippen molar-refractivity contribution in [1.82, 2.24) is 0 Å².